The number of furan rings is 1. The lowest BCUT2D eigenvalue weighted by Gasteiger charge is -2.27. The predicted molar refractivity (Wildman–Crippen MR) is 264 cm³/mol. The van der Waals surface area contributed by atoms with E-state index in [9.17, 15) is 0 Å². The molecule has 0 unspecified atom stereocenters. The molecule has 0 aliphatic carbocycles. The number of para-hydroxylation sites is 2. The zero-order valence-electron chi connectivity index (χ0n) is 33.5. The van der Waals surface area contributed by atoms with Crippen molar-refractivity contribution in [1.29, 1.82) is 0 Å². The summed E-state index contributed by atoms with van der Waals surface area (Å²) in [5, 5.41) is 9.72. The Morgan fingerprint density at radius 1 is 0.419 bits per heavy atom. The van der Waals surface area contributed by atoms with Gasteiger partial charge in [-0.15, -0.1) is 11.3 Å². The summed E-state index contributed by atoms with van der Waals surface area (Å²) in [6.45, 7) is 0. The molecule has 0 amide bonds. The van der Waals surface area contributed by atoms with Crippen LogP contribution in [0, 0.1) is 0 Å². The number of hydrogen-bond acceptors (Lipinski definition) is 3. The van der Waals surface area contributed by atoms with E-state index in [1.165, 1.54) is 69.4 Å². The fourth-order valence-electron chi connectivity index (χ4n) is 9.73. The van der Waals surface area contributed by atoms with Gasteiger partial charge in [-0.2, -0.15) is 0 Å². The molecular weight excluding hydrogens is 773 g/mol. The predicted octanol–water partition coefficient (Wildman–Crippen LogP) is 17.0. The number of aromatic nitrogens is 1. The van der Waals surface area contributed by atoms with Crippen LogP contribution in [0.3, 0.4) is 0 Å². The highest BCUT2D eigenvalue weighted by Crippen LogP contribution is 2.49. The molecule has 3 aromatic heterocycles. The molecule has 13 rings (SSSR count). The molecule has 13 aromatic rings. The maximum Gasteiger partial charge on any atom is 0.137 e. The van der Waals surface area contributed by atoms with E-state index in [0.29, 0.717) is 0 Å². The molecule has 0 bridgehead atoms. The van der Waals surface area contributed by atoms with Gasteiger partial charge in [0.25, 0.3) is 0 Å². The van der Waals surface area contributed by atoms with Crippen molar-refractivity contribution in [3.63, 3.8) is 0 Å². The van der Waals surface area contributed by atoms with Crippen molar-refractivity contribution in [2.24, 2.45) is 0 Å². The summed E-state index contributed by atoms with van der Waals surface area (Å²) >= 11 is 1.87. The van der Waals surface area contributed by atoms with Crippen molar-refractivity contribution < 1.29 is 4.42 Å². The number of hydrogen-bond donors (Lipinski definition) is 0. The second-order valence-electron chi connectivity index (χ2n) is 16.0. The summed E-state index contributed by atoms with van der Waals surface area (Å²) in [5.41, 5.74) is 13.4. The van der Waals surface area contributed by atoms with Crippen molar-refractivity contribution in [3.8, 4) is 27.9 Å². The summed E-state index contributed by atoms with van der Waals surface area (Å²) in [7, 11) is 0. The Morgan fingerprint density at radius 3 is 1.94 bits per heavy atom. The minimum atomic E-state index is 0.868. The van der Waals surface area contributed by atoms with Crippen LogP contribution in [0.5, 0.6) is 0 Å². The molecule has 0 saturated heterocycles. The summed E-state index contributed by atoms with van der Waals surface area (Å²) in [4.78, 5) is 2.41. The summed E-state index contributed by atoms with van der Waals surface area (Å²) in [6, 6.07) is 79.2. The zero-order valence-corrected chi connectivity index (χ0v) is 34.3. The van der Waals surface area contributed by atoms with Gasteiger partial charge in [0.1, 0.15) is 11.2 Å². The SMILES string of the molecule is c1ccc(-c2ccc(N(c3ccc(-c4ccc5c6ccc7ccccc7c6n(-c6ccccc6)c5c4)cc3)c3ccc4c(c3)oc3ccccc34)c3c2sc2ccccc23)cc1. The summed E-state index contributed by atoms with van der Waals surface area (Å²) in [6.07, 6.45) is 0. The second kappa shape index (κ2) is 13.8. The Labute approximate surface area is 361 Å². The fraction of sp³-hybridized carbons (Fsp3) is 0. The van der Waals surface area contributed by atoms with Gasteiger partial charge in [-0.3, -0.25) is 0 Å². The molecular formula is C58H36N2OS. The molecule has 0 aliphatic heterocycles. The van der Waals surface area contributed by atoms with Crippen LogP contribution in [0.1, 0.15) is 0 Å². The van der Waals surface area contributed by atoms with Gasteiger partial charge in [0, 0.05) is 70.2 Å². The first-order valence-electron chi connectivity index (χ1n) is 21.1. The van der Waals surface area contributed by atoms with Crippen LogP contribution in [0.2, 0.25) is 0 Å². The lowest BCUT2D eigenvalue weighted by atomic mass is 9.99. The number of thiophene rings is 1. The van der Waals surface area contributed by atoms with Gasteiger partial charge < -0.3 is 13.9 Å². The van der Waals surface area contributed by atoms with Gasteiger partial charge in [0.15, 0.2) is 0 Å². The monoisotopic (exact) mass is 808 g/mol. The Balaban J connectivity index is 1.01. The molecule has 10 aromatic carbocycles. The number of rotatable bonds is 6. The van der Waals surface area contributed by atoms with Gasteiger partial charge in [0.05, 0.1) is 16.7 Å². The van der Waals surface area contributed by atoms with Crippen molar-refractivity contribution in [3.05, 3.63) is 218 Å². The highest BCUT2D eigenvalue weighted by molar-refractivity contribution is 7.26. The Bertz CT molecular complexity index is 3860. The molecule has 62 heavy (non-hydrogen) atoms. The van der Waals surface area contributed by atoms with E-state index >= 15 is 0 Å². The minimum absolute atomic E-state index is 0.868. The molecule has 3 nitrogen and oxygen atoms in total. The van der Waals surface area contributed by atoms with Crippen LogP contribution in [-0.4, -0.2) is 4.57 Å². The molecule has 0 aliphatic rings. The van der Waals surface area contributed by atoms with Crippen molar-refractivity contribution in [1.82, 2.24) is 4.57 Å². The van der Waals surface area contributed by atoms with E-state index in [4.69, 9.17) is 4.42 Å². The second-order valence-corrected chi connectivity index (χ2v) is 17.1. The van der Waals surface area contributed by atoms with E-state index in [2.05, 4.69) is 216 Å². The van der Waals surface area contributed by atoms with E-state index < -0.39 is 0 Å². The maximum atomic E-state index is 6.51. The zero-order chi connectivity index (χ0) is 40.7. The molecule has 290 valence electrons. The molecule has 0 saturated carbocycles. The highest BCUT2D eigenvalue weighted by atomic mass is 32.1. The smallest absolute Gasteiger partial charge is 0.137 e. The third kappa shape index (κ3) is 5.37. The van der Waals surface area contributed by atoms with Gasteiger partial charge >= 0.3 is 0 Å². The van der Waals surface area contributed by atoms with Crippen LogP contribution in [0.25, 0.3) is 103 Å². The molecule has 0 spiro atoms. The van der Waals surface area contributed by atoms with E-state index in [1.54, 1.807) is 0 Å². The number of benzene rings is 10. The fourth-order valence-corrected chi connectivity index (χ4v) is 11.0. The average Bonchev–Trinajstić information content (AvgIpc) is 4.02. The average molecular weight is 809 g/mol. The standard InChI is InChI=1S/C58H36N2OS/c1-3-13-38(14-4-1)45-33-34-51(56-50-20-10-12-22-55(50)62-58(45)56)59(43-29-32-48-47-19-9-11-21-53(47)61-54(48)36-43)42-27-23-37(24-28-42)40-26-30-46-49-31-25-39-15-7-8-18-44(39)57(49)60(52(46)35-40)41-16-5-2-6-17-41/h1-36H. The van der Waals surface area contributed by atoms with Crippen LogP contribution in [-0.2, 0) is 0 Å². The third-order valence-electron chi connectivity index (χ3n) is 12.6. The highest BCUT2D eigenvalue weighted by Gasteiger charge is 2.23. The largest absolute Gasteiger partial charge is 0.456 e. The Kier molecular flexibility index (Phi) is 7.78. The first kappa shape index (κ1) is 34.9. The van der Waals surface area contributed by atoms with Crippen molar-refractivity contribution in [2.45, 2.75) is 0 Å². The Hall–Kier alpha value is -7.92. The molecule has 4 heteroatoms. The van der Waals surface area contributed by atoms with E-state index in [-0.39, 0.29) is 0 Å². The van der Waals surface area contributed by atoms with Crippen LogP contribution in [0.15, 0.2) is 223 Å². The van der Waals surface area contributed by atoms with Gasteiger partial charge in [0.2, 0.25) is 0 Å². The first-order valence-corrected chi connectivity index (χ1v) is 21.9. The number of anilines is 3. The lowest BCUT2D eigenvalue weighted by Crippen LogP contribution is -2.10. The van der Waals surface area contributed by atoms with Crippen LogP contribution >= 0.6 is 11.3 Å². The van der Waals surface area contributed by atoms with E-state index in [1.807, 2.05) is 23.5 Å². The lowest BCUT2D eigenvalue weighted by molar-refractivity contribution is 0.669. The van der Waals surface area contributed by atoms with Gasteiger partial charge in [-0.25, -0.2) is 0 Å². The Morgan fingerprint density at radius 2 is 1.08 bits per heavy atom. The van der Waals surface area contributed by atoms with Crippen molar-refractivity contribution >= 4 is 103 Å². The molecule has 0 N–H and O–H groups in total. The minimum Gasteiger partial charge on any atom is -0.456 e. The molecule has 0 atom stereocenters. The van der Waals surface area contributed by atoms with Crippen molar-refractivity contribution in [2.75, 3.05) is 4.90 Å². The van der Waals surface area contributed by atoms with Gasteiger partial charge in [-0.1, -0.05) is 152 Å². The molecule has 0 radical (unpaired) electrons. The summed E-state index contributed by atoms with van der Waals surface area (Å²) < 4.78 is 11.5. The quantitative estimate of drug-likeness (QED) is 0.167. The van der Waals surface area contributed by atoms with Crippen LogP contribution < -0.4 is 4.90 Å². The molecule has 3 heterocycles. The van der Waals surface area contributed by atoms with Gasteiger partial charge in [-0.05, 0) is 88.3 Å². The number of nitrogens with zero attached hydrogens (tertiary/aromatic N) is 2. The maximum absolute atomic E-state index is 6.51. The molecule has 0 fully saturated rings. The number of fused-ring (bicyclic) bond motifs is 11. The topological polar surface area (TPSA) is 21.3 Å². The van der Waals surface area contributed by atoms with E-state index in [0.717, 1.165) is 50.3 Å². The third-order valence-corrected chi connectivity index (χ3v) is 13.8. The first-order chi connectivity index (χ1) is 30.7. The summed E-state index contributed by atoms with van der Waals surface area (Å²) in [5.74, 6) is 0. The normalized spacial score (nSPS) is 11.9. The van der Waals surface area contributed by atoms with Crippen LogP contribution in [0.4, 0.5) is 17.1 Å².